The average molecular weight is 453 g/mol. The normalized spacial score (nSPS) is 10.6. The predicted octanol–water partition coefficient (Wildman–Crippen LogP) is 4.90. The first-order valence-corrected chi connectivity index (χ1v) is 10.00. The van der Waals surface area contributed by atoms with Crippen LogP contribution in [-0.4, -0.2) is 24.0 Å². The molecule has 164 valence electrons. The predicted molar refractivity (Wildman–Crippen MR) is 122 cm³/mol. The minimum atomic E-state index is -0.470. The molecule has 1 aromatic heterocycles. The molecule has 0 unspecified atom stereocenters. The van der Waals surface area contributed by atoms with Crippen LogP contribution in [0.3, 0.4) is 0 Å². The Morgan fingerprint density at radius 1 is 1.09 bits per heavy atom. The van der Waals surface area contributed by atoms with Crippen molar-refractivity contribution in [3.8, 4) is 17.2 Å². The van der Waals surface area contributed by atoms with E-state index in [0.29, 0.717) is 27.8 Å². The maximum atomic E-state index is 12.5. The number of carbonyl (C=O) groups excluding carboxylic acids is 2. The fourth-order valence-electron chi connectivity index (χ4n) is 2.77. The molecule has 1 N–H and O–H groups in total. The maximum Gasteiger partial charge on any atom is 0.308 e. The third kappa shape index (κ3) is 6.33. The number of anilines is 1. The lowest BCUT2D eigenvalue weighted by atomic mass is 10.2. The number of ether oxygens (including phenoxy) is 3. The molecule has 0 spiro atoms. The van der Waals surface area contributed by atoms with Crippen LogP contribution < -0.4 is 19.5 Å². The number of carbonyl (C=O) groups is 2. The number of nitrogens with one attached hydrogen (secondary N) is 1. The number of halogens is 1. The molecule has 0 saturated heterocycles. The van der Waals surface area contributed by atoms with Crippen LogP contribution in [0.2, 0.25) is 5.02 Å². The van der Waals surface area contributed by atoms with Crippen molar-refractivity contribution in [2.75, 3.05) is 12.4 Å². The molecule has 0 saturated carbocycles. The van der Waals surface area contributed by atoms with E-state index in [1.807, 2.05) is 12.1 Å². The minimum absolute atomic E-state index is 0.268. The molecule has 32 heavy (non-hydrogen) atoms. The number of amides is 1. The van der Waals surface area contributed by atoms with Crippen molar-refractivity contribution in [2.45, 2.75) is 13.5 Å². The lowest BCUT2D eigenvalue weighted by Gasteiger charge is -2.13. The zero-order chi connectivity index (χ0) is 22.9. The van der Waals surface area contributed by atoms with Crippen molar-refractivity contribution in [2.24, 2.45) is 0 Å². The largest absolute Gasteiger partial charge is 0.493 e. The van der Waals surface area contributed by atoms with E-state index in [2.05, 4.69) is 10.3 Å². The van der Waals surface area contributed by atoms with E-state index in [1.54, 1.807) is 54.9 Å². The Hall–Kier alpha value is -3.84. The lowest BCUT2D eigenvalue weighted by molar-refractivity contribution is -0.132. The van der Waals surface area contributed by atoms with Crippen LogP contribution in [0.1, 0.15) is 18.1 Å². The number of esters is 1. The maximum absolute atomic E-state index is 12.5. The monoisotopic (exact) mass is 452 g/mol. The molecule has 0 aliphatic carbocycles. The molecule has 2 aromatic carbocycles. The molecule has 7 nitrogen and oxygen atoms in total. The first kappa shape index (κ1) is 22.8. The summed E-state index contributed by atoms with van der Waals surface area (Å²) in [5, 5.41) is 3.15. The van der Waals surface area contributed by atoms with Crippen molar-refractivity contribution < 1.29 is 23.8 Å². The summed E-state index contributed by atoms with van der Waals surface area (Å²) in [5.74, 6) is 0.198. The number of rotatable bonds is 8. The Morgan fingerprint density at radius 3 is 2.59 bits per heavy atom. The topological polar surface area (TPSA) is 86.8 Å². The van der Waals surface area contributed by atoms with Gasteiger partial charge in [0.1, 0.15) is 6.61 Å². The molecule has 0 radical (unpaired) electrons. The molecule has 3 aromatic rings. The summed E-state index contributed by atoms with van der Waals surface area (Å²) >= 11 is 6.28. The van der Waals surface area contributed by atoms with E-state index in [0.717, 1.165) is 5.56 Å². The molecular formula is C24H21ClN2O5. The number of hydrogen-bond acceptors (Lipinski definition) is 6. The standard InChI is InChI=1S/C24H21ClN2O5/c1-16(28)32-22-14-17(6-8-21(22)30-2)7-9-23(29)27-20-5-3-4-19(25)24(20)31-15-18-10-12-26-13-11-18/h3-14H,15H2,1-2H3,(H,27,29). The van der Waals surface area contributed by atoms with Crippen molar-refractivity contribution in [1.29, 1.82) is 0 Å². The van der Waals surface area contributed by atoms with Gasteiger partial charge in [-0.1, -0.05) is 23.7 Å². The Bertz CT molecular complexity index is 1130. The lowest BCUT2D eigenvalue weighted by Crippen LogP contribution is -2.10. The van der Waals surface area contributed by atoms with Crippen LogP contribution in [0.5, 0.6) is 17.2 Å². The summed E-state index contributed by atoms with van der Waals surface area (Å²) < 4.78 is 16.1. The summed E-state index contributed by atoms with van der Waals surface area (Å²) in [7, 11) is 1.48. The van der Waals surface area contributed by atoms with Crippen LogP contribution in [0.4, 0.5) is 5.69 Å². The van der Waals surface area contributed by atoms with Gasteiger partial charge in [-0.25, -0.2) is 0 Å². The Labute approximate surface area is 190 Å². The number of aromatic nitrogens is 1. The van der Waals surface area contributed by atoms with E-state index in [4.69, 9.17) is 25.8 Å². The fourth-order valence-corrected chi connectivity index (χ4v) is 3.00. The van der Waals surface area contributed by atoms with Crippen LogP contribution in [0.25, 0.3) is 6.08 Å². The van der Waals surface area contributed by atoms with E-state index in [9.17, 15) is 9.59 Å². The van der Waals surface area contributed by atoms with Crippen LogP contribution in [0, 0.1) is 0 Å². The fraction of sp³-hybridized carbons (Fsp3) is 0.125. The summed E-state index contributed by atoms with van der Waals surface area (Å²) in [6, 6.07) is 13.8. The van der Waals surface area contributed by atoms with E-state index in [1.165, 1.54) is 20.1 Å². The Morgan fingerprint density at radius 2 is 1.88 bits per heavy atom. The molecule has 1 amide bonds. The zero-order valence-corrected chi connectivity index (χ0v) is 18.3. The van der Waals surface area contributed by atoms with Crippen LogP contribution >= 0.6 is 11.6 Å². The molecule has 3 rings (SSSR count). The minimum Gasteiger partial charge on any atom is -0.493 e. The number of benzene rings is 2. The van der Waals surface area contributed by atoms with Gasteiger partial charge in [0.2, 0.25) is 5.91 Å². The van der Waals surface area contributed by atoms with E-state index >= 15 is 0 Å². The molecule has 0 aliphatic heterocycles. The first-order chi connectivity index (χ1) is 15.5. The van der Waals surface area contributed by atoms with Gasteiger partial charge in [-0.05, 0) is 53.6 Å². The van der Waals surface area contributed by atoms with Gasteiger partial charge in [0.25, 0.3) is 0 Å². The van der Waals surface area contributed by atoms with Gasteiger partial charge in [0.05, 0.1) is 17.8 Å². The molecule has 0 fully saturated rings. The quantitative estimate of drug-likeness (QED) is 0.297. The third-order valence-corrected chi connectivity index (χ3v) is 4.52. The summed E-state index contributed by atoms with van der Waals surface area (Å²) in [4.78, 5) is 27.7. The second-order valence-corrected chi connectivity index (χ2v) is 6.99. The van der Waals surface area contributed by atoms with Gasteiger partial charge in [-0.2, -0.15) is 0 Å². The number of nitrogens with zero attached hydrogens (tertiary/aromatic N) is 1. The van der Waals surface area contributed by atoms with Crippen molar-refractivity contribution in [1.82, 2.24) is 4.98 Å². The molecule has 0 aliphatic rings. The van der Waals surface area contributed by atoms with Gasteiger partial charge in [-0.3, -0.25) is 14.6 Å². The SMILES string of the molecule is COc1ccc(C=CC(=O)Nc2cccc(Cl)c2OCc2ccncc2)cc1OC(C)=O. The number of para-hydroxylation sites is 1. The van der Waals surface area contributed by atoms with Crippen molar-refractivity contribution in [3.63, 3.8) is 0 Å². The second kappa shape index (κ2) is 11.0. The second-order valence-electron chi connectivity index (χ2n) is 6.59. The van der Waals surface area contributed by atoms with Gasteiger partial charge in [0.15, 0.2) is 17.2 Å². The zero-order valence-electron chi connectivity index (χ0n) is 17.5. The highest BCUT2D eigenvalue weighted by Gasteiger charge is 2.11. The van der Waals surface area contributed by atoms with Crippen molar-refractivity contribution >= 4 is 35.2 Å². The van der Waals surface area contributed by atoms with Gasteiger partial charge in [0, 0.05) is 25.4 Å². The first-order valence-electron chi connectivity index (χ1n) is 9.62. The summed E-state index contributed by atoms with van der Waals surface area (Å²) in [5.41, 5.74) is 2.01. The molecule has 1 heterocycles. The van der Waals surface area contributed by atoms with E-state index in [-0.39, 0.29) is 18.3 Å². The van der Waals surface area contributed by atoms with Gasteiger partial charge >= 0.3 is 5.97 Å². The van der Waals surface area contributed by atoms with E-state index < -0.39 is 5.97 Å². The molecule has 8 heteroatoms. The van der Waals surface area contributed by atoms with Gasteiger partial charge < -0.3 is 19.5 Å². The number of hydrogen-bond donors (Lipinski definition) is 1. The van der Waals surface area contributed by atoms with Crippen LogP contribution in [-0.2, 0) is 16.2 Å². The Balaban J connectivity index is 1.71. The smallest absolute Gasteiger partial charge is 0.308 e. The van der Waals surface area contributed by atoms with Crippen LogP contribution in [0.15, 0.2) is 67.0 Å². The number of pyridine rings is 1. The van der Waals surface area contributed by atoms with Crippen molar-refractivity contribution in [3.05, 3.63) is 83.2 Å². The highest BCUT2D eigenvalue weighted by molar-refractivity contribution is 6.32. The highest BCUT2D eigenvalue weighted by Crippen LogP contribution is 2.34. The molecule has 0 bridgehead atoms. The molecule has 0 atom stereocenters. The summed E-state index contributed by atoms with van der Waals surface area (Å²) in [6.45, 7) is 1.57. The Kier molecular flexibility index (Phi) is 7.83. The molecular weight excluding hydrogens is 432 g/mol. The highest BCUT2D eigenvalue weighted by atomic mass is 35.5. The number of methoxy groups -OCH3 is 1. The van der Waals surface area contributed by atoms with Gasteiger partial charge in [-0.15, -0.1) is 0 Å². The average Bonchev–Trinajstić information content (AvgIpc) is 2.78. The third-order valence-electron chi connectivity index (χ3n) is 4.23. The summed E-state index contributed by atoms with van der Waals surface area (Å²) in [6.07, 6.45) is 6.28.